The van der Waals surface area contributed by atoms with Crippen LogP contribution in [-0.4, -0.2) is 9.38 Å². The van der Waals surface area contributed by atoms with Crippen molar-refractivity contribution in [1.82, 2.24) is 9.38 Å². The number of benzene rings is 1. The van der Waals surface area contributed by atoms with E-state index < -0.39 is 0 Å². The van der Waals surface area contributed by atoms with Crippen molar-refractivity contribution in [3.8, 4) is 11.3 Å². The van der Waals surface area contributed by atoms with Crippen LogP contribution in [0.5, 0.6) is 0 Å². The molecule has 0 aliphatic heterocycles. The average Bonchev–Trinajstić information content (AvgIpc) is 3.04. The van der Waals surface area contributed by atoms with Gasteiger partial charge in [0.25, 0.3) is 0 Å². The molecule has 3 aromatic rings. The summed E-state index contributed by atoms with van der Waals surface area (Å²) < 4.78 is 15.4. The maximum atomic E-state index is 13.8. The number of nitrogens with zero attached hydrogens (tertiary/aromatic N) is 2. The second-order valence-electron chi connectivity index (χ2n) is 5.23. The minimum atomic E-state index is -0.355. The van der Waals surface area contributed by atoms with Gasteiger partial charge in [-0.05, 0) is 48.6 Å². The summed E-state index contributed by atoms with van der Waals surface area (Å²) in [6.45, 7) is 0. The first kappa shape index (κ1) is 11.5. The summed E-state index contributed by atoms with van der Waals surface area (Å²) in [5.74, 6) is 0.129. The lowest BCUT2D eigenvalue weighted by atomic mass is 10.0. The Labute approximate surface area is 115 Å². The Balaban J connectivity index is 1.94. The smallest absolute Gasteiger partial charge is 0.175 e. The van der Waals surface area contributed by atoms with Crippen LogP contribution in [0.15, 0.2) is 36.5 Å². The Morgan fingerprint density at radius 1 is 1.15 bits per heavy atom. The number of imidazole rings is 1. The molecule has 4 heteroatoms. The third-order valence-corrected chi connectivity index (χ3v) is 4.01. The summed E-state index contributed by atoms with van der Waals surface area (Å²) in [4.78, 5) is 4.37. The predicted molar refractivity (Wildman–Crippen MR) is 77.0 cm³/mol. The molecule has 3 nitrogen and oxygen atoms in total. The van der Waals surface area contributed by atoms with E-state index in [0.717, 1.165) is 18.4 Å². The van der Waals surface area contributed by atoms with Gasteiger partial charge in [0.05, 0.1) is 0 Å². The molecule has 1 aliphatic rings. The number of halogens is 1. The first-order valence-electron chi connectivity index (χ1n) is 6.78. The lowest BCUT2D eigenvalue weighted by Gasteiger charge is -2.03. The van der Waals surface area contributed by atoms with E-state index in [1.807, 2.05) is 6.07 Å². The standard InChI is InChI=1S/C16H14FN3/c17-13-5-2-8-20-15(18)14(19-16(13)20)12-7-6-10-3-1-4-11(10)9-12/h2,5-9H,1,3-4,18H2. The number of aryl methyl sites for hydroxylation is 2. The molecule has 0 spiro atoms. The molecule has 1 aliphatic carbocycles. The number of rotatable bonds is 1. The zero-order valence-electron chi connectivity index (χ0n) is 10.9. The zero-order valence-corrected chi connectivity index (χ0v) is 10.9. The molecule has 2 N–H and O–H groups in total. The van der Waals surface area contributed by atoms with Gasteiger partial charge in [-0.25, -0.2) is 9.37 Å². The molecule has 4 rings (SSSR count). The minimum Gasteiger partial charge on any atom is -0.383 e. The Bertz CT molecular complexity index is 820. The van der Waals surface area contributed by atoms with Crippen molar-refractivity contribution in [2.45, 2.75) is 19.3 Å². The highest BCUT2D eigenvalue weighted by molar-refractivity contribution is 5.75. The van der Waals surface area contributed by atoms with Crippen LogP contribution in [0.2, 0.25) is 0 Å². The Morgan fingerprint density at radius 2 is 2.00 bits per heavy atom. The van der Waals surface area contributed by atoms with Crippen LogP contribution in [0.25, 0.3) is 16.9 Å². The highest BCUT2D eigenvalue weighted by Gasteiger charge is 2.16. The van der Waals surface area contributed by atoms with E-state index in [1.54, 1.807) is 16.7 Å². The van der Waals surface area contributed by atoms with Crippen molar-refractivity contribution < 1.29 is 4.39 Å². The topological polar surface area (TPSA) is 43.3 Å². The molecule has 20 heavy (non-hydrogen) atoms. The maximum Gasteiger partial charge on any atom is 0.175 e. The molecule has 0 unspecified atom stereocenters. The van der Waals surface area contributed by atoms with Crippen LogP contribution in [0.1, 0.15) is 17.5 Å². The van der Waals surface area contributed by atoms with Crippen molar-refractivity contribution in [1.29, 1.82) is 0 Å². The number of nitrogen functional groups attached to an aromatic ring is 1. The fourth-order valence-corrected chi connectivity index (χ4v) is 2.98. The highest BCUT2D eigenvalue weighted by Crippen LogP contribution is 2.31. The molecule has 0 bridgehead atoms. The zero-order chi connectivity index (χ0) is 13.7. The van der Waals surface area contributed by atoms with Gasteiger partial charge in [-0.2, -0.15) is 0 Å². The quantitative estimate of drug-likeness (QED) is 0.735. The van der Waals surface area contributed by atoms with Crippen LogP contribution in [0.4, 0.5) is 10.2 Å². The van der Waals surface area contributed by atoms with E-state index in [9.17, 15) is 4.39 Å². The van der Waals surface area contributed by atoms with E-state index in [4.69, 9.17) is 5.73 Å². The Hall–Kier alpha value is -2.36. The number of hydrogen-bond acceptors (Lipinski definition) is 2. The lowest BCUT2D eigenvalue weighted by molar-refractivity contribution is 0.630. The summed E-state index contributed by atoms with van der Waals surface area (Å²) >= 11 is 0. The van der Waals surface area contributed by atoms with Gasteiger partial charge in [0, 0.05) is 11.8 Å². The number of fused-ring (bicyclic) bond motifs is 2. The Kier molecular flexibility index (Phi) is 2.33. The van der Waals surface area contributed by atoms with Gasteiger partial charge in [-0.3, -0.25) is 4.40 Å². The number of hydrogen-bond donors (Lipinski definition) is 1. The van der Waals surface area contributed by atoms with Gasteiger partial charge in [0.1, 0.15) is 11.5 Å². The van der Waals surface area contributed by atoms with Gasteiger partial charge in [0.2, 0.25) is 0 Å². The summed E-state index contributed by atoms with van der Waals surface area (Å²) in [5.41, 5.74) is 10.8. The predicted octanol–water partition coefficient (Wildman–Crippen LogP) is 3.21. The SMILES string of the molecule is Nc1c(-c2ccc3c(c2)CCC3)nc2c(F)cccn12. The fourth-order valence-electron chi connectivity index (χ4n) is 2.98. The molecule has 0 atom stereocenters. The molecule has 100 valence electrons. The normalized spacial score (nSPS) is 13.8. The molecule has 0 fully saturated rings. The molecule has 0 saturated carbocycles. The molecule has 0 amide bonds. The molecule has 0 saturated heterocycles. The third-order valence-electron chi connectivity index (χ3n) is 4.01. The van der Waals surface area contributed by atoms with Crippen molar-refractivity contribution >= 4 is 11.5 Å². The second-order valence-corrected chi connectivity index (χ2v) is 5.23. The van der Waals surface area contributed by atoms with Crippen molar-refractivity contribution in [2.24, 2.45) is 0 Å². The molecule has 2 aromatic heterocycles. The molecular weight excluding hydrogens is 253 g/mol. The van der Waals surface area contributed by atoms with E-state index in [-0.39, 0.29) is 11.5 Å². The lowest BCUT2D eigenvalue weighted by Crippen LogP contribution is -1.95. The van der Waals surface area contributed by atoms with E-state index in [2.05, 4.69) is 17.1 Å². The van der Waals surface area contributed by atoms with Crippen LogP contribution < -0.4 is 5.73 Å². The monoisotopic (exact) mass is 267 g/mol. The van der Waals surface area contributed by atoms with Crippen molar-refractivity contribution in [3.63, 3.8) is 0 Å². The summed E-state index contributed by atoms with van der Waals surface area (Å²) in [6.07, 6.45) is 5.18. The number of anilines is 1. The first-order valence-corrected chi connectivity index (χ1v) is 6.78. The summed E-state index contributed by atoms with van der Waals surface area (Å²) in [7, 11) is 0. The van der Waals surface area contributed by atoms with E-state index >= 15 is 0 Å². The fraction of sp³-hybridized carbons (Fsp3) is 0.188. The van der Waals surface area contributed by atoms with Crippen LogP contribution in [0.3, 0.4) is 0 Å². The van der Waals surface area contributed by atoms with Gasteiger partial charge >= 0.3 is 0 Å². The number of nitrogens with two attached hydrogens (primary N) is 1. The average molecular weight is 267 g/mol. The third kappa shape index (κ3) is 1.54. The van der Waals surface area contributed by atoms with Crippen molar-refractivity contribution in [3.05, 3.63) is 53.5 Å². The van der Waals surface area contributed by atoms with E-state index in [1.165, 1.54) is 23.6 Å². The van der Waals surface area contributed by atoms with Gasteiger partial charge < -0.3 is 5.73 Å². The minimum absolute atomic E-state index is 0.278. The van der Waals surface area contributed by atoms with Gasteiger partial charge in [0.15, 0.2) is 11.5 Å². The number of pyridine rings is 1. The van der Waals surface area contributed by atoms with E-state index in [0.29, 0.717) is 11.5 Å². The molecule has 2 heterocycles. The molecule has 1 aromatic carbocycles. The van der Waals surface area contributed by atoms with Crippen molar-refractivity contribution in [2.75, 3.05) is 5.73 Å². The second kappa shape index (κ2) is 4.07. The van der Waals surface area contributed by atoms with Gasteiger partial charge in [-0.15, -0.1) is 0 Å². The van der Waals surface area contributed by atoms with Crippen LogP contribution in [-0.2, 0) is 12.8 Å². The maximum absolute atomic E-state index is 13.8. The Morgan fingerprint density at radius 3 is 2.85 bits per heavy atom. The molecular formula is C16H14FN3. The number of aromatic nitrogens is 2. The van der Waals surface area contributed by atoms with Gasteiger partial charge in [-0.1, -0.05) is 12.1 Å². The molecule has 0 radical (unpaired) electrons. The summed E-state index contributed by atoms with van der Waals surface area (Å²) in [6, 6.07) is 9.33. The largest absolute Gasteiger partial charge is 0.383 e. The summed E-state index contributed by atoms with van der Waals surface area (Å²) in [5, 5.41) is 0. The highest BCUT2D eigenvalue weighted by atomic mass is 19.1. The van der Waals surface area contributed by atoms with Crippen LogP contribution >= 0.6 is 0 Å². The van der Waals surface area contributed by atoms with Crippen LogP contribution in [0, 0.1) is 5.82 Å². The first-order chi connectivity index (χ1) is 9.74.